The molecular weight excluding hydrogens is 288 g/mol. The Morgan fingerprint density at radius 1 is 1.00 bits per heavy atom. The molecule has 0 saturated carbocycles. The maximum Gasteiger partial charge on any atom is 0.235 e. The van der Waals surface area contributed by atoms with Gasteiger partial charge in [0.2, 0.25) is 16.9 Å². The normalized spacial score (nSPS) is 10.8. The zero-order chi connectivity index (χ0) is 15.9. The van der Waals surface area contributed by atoms with Gasteiger partial charge in [-0.3, -0.25) is 4.79 Å². The number of phenols is 3. The first-order valence-corrected chi connectivity index (χ1v) is 6.38. The van der Waals surface area contributed by atoms with Crippen LogP contribution in [0.4, 0.5) is 0 Å². The van der Waals surface area contributed by atoms with Crippen LogP contribution in [0.25, 0.3) is 22.3 Å². The van der Waals surface area contributed by atoms with E-state index in [2.05, 4.69) is 0 Å². The van der Waals surface area contributed by atoms with Crippen molar-refractivity contribution in [3.05, 3.63) is 46.6 Å². The van der Waals surface area contributed by atoms with Crippen LogP contribution in [0.2, 0.25) is 0 Å². The van der Waals surface area contributed by atoms with Crippen molar-refractivity contribution in [1.29, 1.82) is 0 Å². The molecule has 22 heavy (non-hydrogen) atoms. The lowest BCUT2D eigenvalue weighted by molar-refractivity contribution is 0.387. The molecular formula is C16H12O6. The molecule has 3 aromatic rings. The third-order valence-electron chi connectivity index (χ3n) is 3.31. The van der Waals surface area contributed by atoms with Gasteiger partial charge < -0.3 is 24.5 Å². The fourth-order valence-corrected chi connectivity index (χ4v) is 2.20. The van der Waals surface area contributed by atoms with E-state index in [1.54, 1.807) is 12.1 Å². The summed E-state index contributed by atoms with van der Waals surface area (Å²) in [5, 5.41) is 28.9. The van der Waals surface area contributed by atoms with Crippen LogP contribution in [0, 0.1) is 0 Å². The molecule has 1 heterocycles. The van der Waals surface area contributed by atoms with E-state index in [0.29, 0.717) is 5.56 Å². The van der Waals surface area contributed by atoms with E-state index >= 15 is 0 Å². The van der Waals surface area contributed by atoms with E-state index in [1.807, 2.05) is 0 Å². The Labute approximate surface area is 124 Å². The number of methoxy groups -OCH3 is 1. The molecule has 6 nitrogen and oxygen atoms in total. The fraction of sp³-hybridized carbons (Fsp3) is 0.0625. The number of hydrogen-bond donors (Lipinski definition) is 3. The monoisotopic (exact) mass is 300 g/mol. The molecule has 0 unspecified atom stereocenters. The van der Waals surface area contributed by atoms with Gasteiger partial charge in [0, 0.05) is 5.56 Å². The molecule has 0 radical (unpaired) electrons. The molecule has 0 amide bonds. The first kappa shape index (κ1) is 13.8. The van der Waals surface area contributed by atoms with E-state index in [0.717, 1.165) is 0 Å². The highest BCUT2D eigenvalue weighted by Gasteiger charge is 2.20. The minimum absolute atomic E-state index is 0.0247. The van der Waals surface area contributed by atoms with E-state index in [1.165, 1.54) is 31.4 Å². The van der Waals surface area contributed by atoms with Crippen molar-refractivity contribution in [2.24, 2.45) is 0 Å². The largest absolute Gasteiger partial charge is 0.508 e. The number of ether oxygens (including phenoxy) is 1. The van der Waals surface area contributed by atoms with Crippen molar-refractivity contribution in [2.45, 2.75) is 0 Å². The Morgan fingerprint density at radius 2 is 1.68 bits per heavy atom. The Balaban J connectivity index is 2.41. The minimum atomic E-state index is -0.516. The Bertz CT molecular complexity index is 909. The van der Waals surface area contributed by atoms with Crippen LogP contribution in [0.15, 0.2) is 45.6 Å². The number of hydrogen-bond acceptors (Lipinski definition) is 6. The van der Waals surface area contributed by atoms with Crippen LogP contribution in [-0.2, 0) is 0 Å². The molecule has 3 rings (SSSR count). The van der Waals surface area contributed by atoms with Gasteiger partial charge in [0.25, 0.3) is 0 Å². The topological polar surface area (TPSA) is 100 Å². The van der Waals surface area contributed by atoms with Crippen LogP contribution >= 0.6 is 0 Å². The van der Waals surface area contributed by atoms with E-state index in [9.17, 15) is 20.1 Å². The highest BCUT2D eigenvalue weighted by atomic mass is 16.5. The molecule has 1 aromatic heterocycles. The van der Waals surface area contributed by atoms with E-state index in [-0.39, 0.29) is 28.2 Å². The second-order valence-corrected chi connectivity index (χ2v) is 4.65. The lowest BCUT2D eigenvalue weighted by Crippen LogP contribution is -2.07. The van der Waals surface area contributed by atoms with Crippen molar-refractivity contribution >= 4 is 11.0 Å². The first-order chi connectivity index (χ1) is 10.5. The molecule has 0 aliphatic heterocycles. The lowest BCUT2D eigenvalue weighted by atomic mass is 10.1. The average Bonchev–Trinajstić information content (AvgIpc) is 2.52. The van der Waals surface area contributed by atoms with Crippen molar-refractivity contribution in [3.8, 4) is 34.3 Å². The molecule has 112 valence electrons. The number of fused-ring (bicyclic) bond motifs is 1. The highest BCUT2D eigenvalue weighted by Crippen LogP contribution is 2.38. The summed E-state index contributed by atoms with van der Waals surface area (Å²) >= 11 is 0. The van der Waals surface area contributed by atoms with E-state index < -0.39 is 16.9 Å². The predicted molar refractivity (Wildman–Crippen MR) is 79.5 cm³/mol. The second-order valence-electron chi connectivity index (χ2n) is 4.65. The fourth-order valence-electron chi connectivity index (χ4n) is 2.20. The molecule has 0 bridgehead atoms. The standard InChI is InChI=1S/C16H12O6/c1-21-16-12(19)10-6-7-11(18)13(20)15(10)22-14(16)8-2-4-9(17)5-3-8/h2-7,17-18,20H,1H3. The SMILES string of the molecule is COc1c(-c2ccc(O)cc2)oc2c(O)c(O)ccc2c1=O. The summed E-state index contributed by atoms with van der Waals surface area (Å²) in [5.74, 6) is -0.773. The smallest absolute Gasteiger partial charge is 0.235 e. The van der Waals surface area contributed by atoms with Crippen LogP contribution in [0.5, 0.6) is 23.0 Å². The van der Waals surface area contributed by atoms with Gasteiger partial charge in [0.05, 0.1) is 12.5 Å². The molecule has 3 N–H and O–H groups in total. The molecule has 2 aromatic carbocycles. The third-order valence-corrected chi connectivity index (χ3v) is 3.31. The van der Waals surface area contributed by atoms with Crippen LogP contribution in [0.3, 0.4) is 0 Å². The maximum atomic E-state index is 12.5. The van der Waals surface area contributed by atoms with Crippen molar-refractivity contribution < 1.29 is 24.5 Å². The summed E-state index contributed by atoms with van der Waals surface area (Å²) in [6.45, 7) is 0. The van der Waals surface area contributed by atoms with E-state index in [4.69, 9.17) is 9.15 Å². The maximum absolute atomic E-state index is 12.5. The summed E-state index contributed by atoms with van der Waals surface area (Å²) in [4.78, 5) is 12.5. The zero-order valence-electron chi connectivity index (χ0n) is 11.5. The van der Waals surface area contributed by atoms with Crippen molar-refractivity contribution in [1.82, 2.24) is 0 Å². The van der Waals surface area contributed by atoms with Gasteiger partial charge in [-0.05, 0) is 36.4 Å². The number of aromatic hydroxyl groups is 3. The minimum Gasteiger partial charge on any atom is -0.508 e. The molecule has 0 spiro atoms. The quantitative estimate of drug-likeness (QED) is 0.629. The first-order valence-electron chi connectivity index (χ1n) is 6.38. The summed E-state index contributed by atoms with van der Waals surface area (Å²) in [5.41, 5.74) is -0.118. The van der Waals surface area contributed by atoms with Gasteiger partial charge in [-0.15, -0.1) is 0 Å². The van der Waals surface area contributed by atoms with Gasteiger partial charge in [-0.25, -0.2) is 0 Å². The van der Waals surface area contributed by atoms with Gasteiger partial charge in [0.15, 0.2) is 17.1 Å². The van der Waals surface area contributed by atoms with Crippen LogP contribution in [-0.4, -0.2) is 22.4 Å². The Hall–Kier alpha value is -3.15. The van der Waals surface area contributed by atoms with Crippen molar-refractivity contribution in [2.75, 3.05) is 7.11 Å². The van der Waals surface area contributed by atoms with Gasteiger partial charge in [-0.2, -0.15) is 0 Å². The van der Waals surface area contributed by atoms with Crippen LogP contribution in [0.1, 0.15) is 0 Å². The van der Waals surface area contributed by atoms with Gasteiger partial charge in [-0.1, -0.05) is 0 Å². The highest BCUT2D eigenvalue weighted by molar-refractivity contribution is 5.88. The summed E-state index contributed by atoms with van der Waals surface area (Å²) < 4.78 is 10.7. The predicted octanol–water partition coefficient (Wildman–Crippen LogP) is 2.59. The van der Waals surface area contributed by atoms with Gasteiger partial charge in [0.1, 0.15) is 5.75 Å². The summed E-state index contributed by atoms with van der Waals surface area (Å²) in [7, 11) is 1.34. The van der Waals surface area contributed by atoms with Gasteiger partial charge >= 0.3 is 0 Å². The molecule has 0 saturated heterocycles. The average molecular weight is 300 g/mol. The zero-order valence-corrected chi connectivity index (χ0v) is 11.5. The molecule has 0 fully saturated rings. The number of benzene rings is 2. The Kier molecular flexibility index (Phi) is 3.14. The lowest BCUT2D eigenvalue weighted by Gasteiger charge is -2.10. The number of phenolic OH excluding ortho intramolecular Hbond substituents is 3. The molecule has 0 atom stereocenters. The second kappa shape index (κ2) is 5.00. The molecule has 6 heteroatoms. The van der Waals surface area contributed by atoms with Crippen molar-refractivity contribution in [3.63, 3.8) is 0 Å². The molecule has 0 aliphatic rings. The summed E-state index contributed by atoms with van der Waals surface area (Å²) in [6.07, 6.45) is 0. The number of rotatable bonds is 2. The third kappa shape index (κ3) is 2.01. The summed E-state index contributed by atoms with van der Waals surface area (Å²) in [6, 6.07) is 8.50. The Morgan fingerprint density at radius 3 is 2.32 bits per heavy atom. The van der Waals surface area contributed by atoms with Crippen LogP contribution < -0.4 is 10.2 Å². The molecule has 0 aliphatic carbocycles.